The smallest absolute Gasteiger partial charge is 0.337 e. The Morgan fingerprint density at radius 2 is 1.65 bits per heavy atom. The fourth-order valence-electron chi connectivity index (χ4n) is 3.18. The highest BCUT2D eigenvalue weighted by atomic mass is 19.1. The topological polar surface area (TPSA) is 79.0 Å². The van der Waals surface area contributed by atoms with E-state index in [0.717, 1.165) is 5.56 Å². The van der Waals surface area contributed by atoms with Crippen LogP contribution in [0.25, 0.3) is 6.08 Å². The van der Waals surface area contributed by atoms with Crippen LogP contribution in [-0.2, 0) is 14.3 Å². The van der Waals surface area contributed by atoms with E-state index in [1.54, 1.807) is 35.2 Å². The van der Waals surface area contributed by atoms with Gasteiger partial charge in [-0.3, -0.25) is 14.5 Å². The predicted octanol–water partition coefficient (Wildman–Crippen LogP) is 2.41. The number of nitrogens with zero attached hydrogens (tertiary/aromatic N) is 2. The average molecular weight is 425 g/mol. The number of hydrogen-bond donors (Lipinski definition) is 1. The molecular formula is C23H24FN3O4. The van der Waals surface area contributed by atoms with Gasteiger partial charge in [0.25, 0.3) is 0 Å². The Morgan fingerprint density at radius 3 is 2.26 bits per heavy atom. The molecule has 1 aliphatic rings. The van der Waals surface area contributed by atoms with Gasteiger partial charge in [-0.15, -0.1) is 0 Å². The Morgan fingerprint density at radius 1 is 1.00 bits per heavy atom. The zero-order valence-electron chi connectivity index (χ0n) is 17.2. The van der Waals surface area contributed by atoms with Crippen LogP contribution < -0.4 is 5.32 Å². The number of esters is 1. The molecule has 7 nitrogen and oxygen atoms in total. The molecule has 8 heteroatoms. The number of anilines is 1. The molecule has 162 valence electrons. The summed E-state index contributed by atoms with van der Waals surface area (Å²) in [6.45, 7) is 2.43. The van der Waals surface area contributed by atoms with Crippen LogP contribution in [0.2, 0.25) is 0 Å². The highest BCUT2D eigenvalue weighted by molar-refractivity contribution is 5.93. The Balaban J connectivity index is 1.43. The maximum Gasteiger partial charge on any atom is 0.337 e. The van der Waals surface area contributed by atoms with Crippen molar-refractivity contribution >= 4 is 29.5 Å². The molecule has 3 rings (SSSR count). The van der Waals surface area contributed by atoms with Crippen molar-refractivity contribution in [3.05, 3.63) is 71.6 Å². The molecule has 0 aromatic heterocycles. The molecule has 0 radical (unpaired) electrons. The summed E-state index contributed by atoms with van der Waals surface area (Å²) in [5.74, 6) is -1.05. The van der Waals surface area contributed by atoms with Gasteiger partial charge in [-0.25, -0.2) is 9.18 Å². The highest BCUT2D eigenvalue weighted by Crippen LogP contribution is 2.10. The molecule has 0 aliphatic carbocycles. The lowest BCUT2D eigenvalue weighted by Gasteiger charge is -2.33. The Kier molecular flexibility index (Phi) is 7.50. The SMILES string of the molecule is COC(=O)c1ccc(/C=C/C(=O)N2CCN(CC(=O)Nc3ccc(F)cc3)CC2)cc1. The van der Waals surface area contributed by atoms with Crippen LogP contribution >= 0.6 is 0 Å². The summed E-state index contributed by atoms with van der Waals surface area (Å²) in [6.07, 6.45) is 3.20. The first-order valence-corrected chi connectivity index (χ1v) is 9.88. The predicted molar refractivity (Wildman–Crippen MR) is 115 cm³/mol. The molecule has 0 atom stereocenters. The largest absolute Gasteiger partial charge is 0.465 e. The monoisotopic (exact) mass is 425 g/mol. The van der Waals surface area contributed by atoms with E-state index in [0.29, 0.717) is 37.4 Å². The Labute approximate surface area is 180 Å². The third-order valence-corrected chi connectivity index (χ3v) is 4.93. The van der Waals surface area contributed by atoms with Crippen molar-refractivity contribution in [3.63, 3.8) is 0 Å². The molecule has 0 unspecified atom stereocenters. The van der Waals surface area contributed by atoms with Crippen LogP contribution in [0.4, 0.5) is 10.1 Å². The van der Waals surface area contributed by atoms with Crippen molar-refractivity contribution in [1.29, 1.82) is 0 Å². The number of methoxy groups -OCH3 is 1. The summed E-state index contributed by atoms with van der Waals surface area (Å²) < 4.78 is 17.6. The fraction of sp³-hybridized carbons (Fsp3) is 0.261. The molecule has 31 heavy (non-hydrogen) atoms. The number of rotatable bonds is 6. The molecule has 2 aromatic carbocycles. The molecule has 2 amide bonds. The van der Waals surface area contributed by atoms with E-state index in [4.69, 9.17) is 0 Å². The number of hydrogen-bond acceptors (Lipinski definition) is 5. The molecule has 0 bridgehead atoms. The van der Waals surface area contributed by atoms with Gasteiger partial charge in [0.05, 0.1) is 19.2 Å². The van der Waals surface area contributed by atoms with Crippen LogP contribution in [0.3, 0.4) is 0 Å². The van der Waals surface area contributed by atoms with E-state index >= 15 is 0 Å². The number of nitrogens with one attached hydrogen (secondary N) is 1. The number of piperazine rings is 1. The van der Waals surface area contributed by atoms with Gasteiger partial charge in [-0.1, -0.05) is 12.1 Å². The fourth-order valence-corrected chi connectivity index (χ4v) is 3.18. The molecule has 0 saturated carbocycles. The molecule has 2 aromatic rings. The summed E-state index contributed by atoms with van der Waals surface area (Å²) in [7, 11) is 1.33. The van der Waals surface area contributed by atoms with Gasteiger partial charge in [0.2, 0.25) is 11.8 Å². The van der Waals surface area contributed by atoms with Crippen LogP contribution in [0, 0.1) is 5.82 Å². The number of ether oxygens (including phenoxy) is 1. The van der Waals surface area contributed by atoms with Gasteiger partial charge >= 0.3 is 5.97 Å². The van der Waals surface area contributed by atoms with Crippen molar-refractivity contribution in [3.8, 4) is 0 Å². The van der Waals surface area contributed by atoms with Gasteiger partial charge in [0.1, 0.15) is 5.82 Å². The van der Waals surface area contributed by atoms with Gasteiger partial charge in [0.15, 0.2) is 0 Å². The van der Waals surface area contributed by atoms with Crippen molar-refractivity contribution in [2.75, 3.05) is 45.2 Å². The first kappa shape index (κ1) is 22.2. The molecule has 1 fully saturated rings. The summed E-state index contributed by atoms with van der Waals surface area (Å²) in [6, 6.07) is 12.4. The third-order valence-electron chi connectivity index (χ3n) is 4.93. The number of benzene rings is 2. The van der Waals surface area contributed by atoms with Crippen LogP contribution in [-0.4, -0.2) is 67.4 Å². The summed E-state index contributed by atoms with van der Waals surface area (Å²) in [5.41, 5.74) is 1.80. The minimum Gasteiger partial charge on any atom is -0.465 e. The lowest BCUT2D eigenvalue weighted by Crippen LogP contribution is -2.50. The summed E-state index contributed by atoms with van der Waals surface area (Å²) in [5, 5.41) is 2.74. The summed E-state index contributed by atoms with van der Waals surface area (Å²) >= 11 is 0. The first-order chi connectivity index (χ1) is 14.9. The van der Waals surface area contributed by atoms with E-state index in [-0.39, 0.29) is 24.2 Å². The minimum atomic E-state index is -0.407. The molecule has 0 spiro atoms. The van der Waals surface area contributed by atoms with Gasteiger partial charge < -0.3 is 15.0 Å². The van der Waals surface area contributed by atoms with E-state index in [9.17, 15) is 18.8 Å². The van der Waals surface area contributed by atoms with Crippen molar-refractivity contribution < 1.29 is 23.5 Å². The van der Waals surface area contributed by atoms with Crippen LogP contribution in [0.5, 0.6) is 0 Å². The second kappa shape index (κ2) is 10.5. The van der Waals surface area contributed by atoms with Crippen molar-refractivity contribution in [2.24, 2.45) is 0 Å². The Bertz CT molecular complexity index is 950. The molecular weight excluding hydrogens is 401 g/mol. The first-order valence-electron chi connectivity index (χ1n) is 9.88. The molecule has 1 heterocycles. The van der Waals surface area contributed by atoms with Crippen molar-refractivity contribution in [2.45, 2.75) is 0 Å². The normalized spacial score (nSPS) is 14.5. The average Bonchev–Trinajstić information content (AvgIpc) is 2.79. The standard InChI is InChI=1S/C23H24FN3O4/c1-31-23(30)18-5-2-17(3-6-18)4-11-22(29)27-14-12-26(13-15-27)16-21(28)25-20-9-7-19(24)8-10-20/h2-11H,12-16H2,1H3,(H,25,28)/b11-4+. The zero-order valence-corrected chi connectivity index (χ0v) is 17.2. The number of carbonyl (C=O) groups is 3. The van der Waals surface area contributed by atoms with E-state index < -0.39 is 5.97 Å². The lowest BCUT2D eigenvalue weighted by atomic mass is 10.1. The highest BCUT2D eigenvalue weighted by Gasteiger charge is 2.21. The number of amides is 2. The van der Waals surface area contributed by atoms with E-state index in [2.05, 4.69) is 10.1 Å². The van der Waals surface area contributed by atoms with Crippen LogP contribution in [0.15, 0.2) is 54.6 Å². The number of halogens is 1. The minimum absolute atomic E-state index is 0.104. The zero-order chi connectivity index (χ0) is 22.2. The second-order valence-electron chi connectivity index (χ2n) is 7.10. The van der Waals surface area contributed by atoms with Crippen LogP contribution in [0.1, 0.15) is 15.9 Å². The molecule has 1 saturated heterocycles. The third kappa shape index (κ3) is 6.48. The van der Waals surface area contributed by atoms with Gasteiger partial charge in [-0.05, 0) is 48.0 Å². The maximum atomic E-state index is 12.9. The van der Waals surface area contributed by atoms with Crippen molar-refractivity contribution in [1.82, 2.24) is 9.80 Å². The van der Waals surface area contributed by atoms with E-state index in [1.807, 2.05) is 4.90 Å². The van der Waals surface area contributed by atoms with Gasteiger partial charge in [-0.2, -0.15) is 0 Å². The Hall–Kier alpha value is -3.52. The molecule has 1 aliphatic heterocycles. The lowest BCUT2D eigenvalue weighted by molar-refractivity contribution is -0.127. The van der Waals surface area contributed by atoms with E-state index in [1.165, 1.54) is 37.5 Å². The van der Waals surface area contributed by atoms with Gasteiger partial charge in [0, 0.05) is 37.9 Å². The maximum absolute atomic E-state index is 12.9. The molecule has 1 N–H and O–H groups in total. The summed E-state index contributed by atoms with van der Waals surface area (Å²) in [4.78, 5) is 39.7. The second-order valence-corrected chi connectivity index (χ2v) is 7.10. The number of carbonyl (C=O) groups excluding carboxylic acids is 3. The quantitative estimate of drug-likeness (QED) is 0.568.